The highest BCUT2D eigenvalue weighted by atomic mass is 19.2. The summed E-state index contributed by atoms with van der Waals surface area (Å²) in [6.45, 7) is 6.87. The maximum atomic E-state index is 13.7. The normalized spacial score (nSPS) is 23.7. The van der Waals surface area contributed by atoms with Gasteiger partial charge in [0, 0.05) is 5.92 Å². The second-order valence-electron chi connectivity index (χ2n) is 7.29. The second-order valence-corrected chi connectivity index (χ2v) is 7.29. The molecule has 0 saturated heterocycles. The lowest BCUT2D eigenvalue weighted by atomic mass is 9.70. The van der Waals surface area contributed by atoms with Crippen LogP contribution in [0.4, 0.5) is 8.78 Å². The Morgan fingerprint density at radius 2 is 1.76 bits per heavy atom. The van der Waals surface area contributed by atoms with Crippen molar-refractivity contribution < 1.29 is 8.78 Å². The first-order valence-electron chi connectivity index (χ1n) is 7.70. The fourth-order valence-electron chi connectivity index (χ4n) is 3.46. The number of nitrogens with zero attached hydrogens (tertiary/aromatic N) is 1. The van der Waals surface area contributed by atoms with Crippen LogP contribution in [0, 0.1) is 23.0 Å². The van der Waals surface area contributed by atoms with Crippen LogP contribution in [0.1, 0.15) is 58.2 Å². The van der Waals surface area contributed by atoms with E-state index in [0.717, 1.165) is 30.7 Å². The van der Waals surface area contributed by atoms with Crippen LogP contribution in [0.2, 0.25) is 0 Å². The van der Waals surface area contributed by atoms with E-state index in [9.17, 15) is 8.78 Å². The van der Waals surface area contributed by atoms with E-state index in [1.54, 1.807) is 6.07 Å². The molecule has 1 heterocycles. The Balaban J connectivity index is 1.81. The Morgan fingerprint density at radius 1 is 1.10 bits per heavy atom. The summed E-state index contributed by atoms with van der Waals surface area (Å²) in [7, 11) is 0. The molecule has 1 aromatic carbocycles. The molecule has 1 aromatic heterocycles. The van der Waals surface area contributed by atoms with Crippen molar-refractivity contribution in [3.05, 3.63) is 29.6 Å². The van der Waals surface area contributed by atoms with Gasteiger partial charge < -0.3 is 4.98 Å². The third-order valence-electron chi connectivity index (χ3n) is 4.90. The third kappa shape index (κ3) is 2.68. The van der Waals surface area contributed by atoms with Crippen LogP contribution in [0.15, 0.2) is 12.1 Å². The lowest BCUT2D eigenvalue weighted by molar-refractivity contribution is 0.167. The predicted molar refractivity (Wildman–Crippen MR) is 80.2 cm³/mol. The molecule has 3 rings (SSSR count). The first-order valence-corrected chi connectivity index (χ1v) is 7.70. The molecule has 0 amide bonds. The minimum Gasteiger partial charge on any atom is -0.342 e. The van der Waals surface area contributed by atoms with Crippen molar-refractivity contribution in [2.24, 2.45) is 11.3 Å². The zero-order valence-corrected chi connectivity index (χ0v) is 12.8. The van der Waals surface area contributed by atoms with Crippen LogP contribution < -0.4 is 0 Å². The van der Waals surface area contributed by atoms with Gasteiger partial charge in [-0.15, -0.1) is 0 Å². The van der Waals surface area contributed by atoms with Gasteiger partial charge in [0.05, 0.1) is 5.52 Å². The quantitative estimate of drug-likeness (QED) is 0.772. The van der Waals surface area contributed by atoms with Crippen LogP contribution in [0.25, 0.3) is 11.0 Å². The molecule has 0 aliphatic heterocycles. The van der Waals surface area contributed by atoms with Gasteiger partial charge in [-0.25, -0.2) is 13.8 Å². The van der Waals surface area contributed by atoms with Crippen LogP contribution >= 0.6 is 0 Å². The van der Waals surface area contributed by atoms with Crippen molar-refractivity contribution in [3.8, 4) is 0 Å². The number of aromatic amines is 1. The fourth-order valence-corrected chi connectivity index (χ4v) is 3.46. The molecule has 2 nitrogen and oxygen atoms in total. The third-order valence-corrected chi connectivity index (χ3v) is 4.90. The zero-order chi connectivity index (χ0) is 15.2. The average molecular weight is 292 g/mol. The largest absolute Gasteiger partial charge is 0.342 e. The number of rotatable bonds is 1. The van der Waals surface area contributed by atoms with Gasteiger partial charge in [-0.05, 0) is 49.1 Å². The molecule has 0 radical (unpaired) electrons. The molecular formula is C17H22F2N2. The molecule has 0 unspecified atom stereocenters. The van der Waals surface area contributed by atoms with Gasteiger partial charge in [0.25, 0.3) is 0 Å². The standard InChI is InChI=1S/C17H22F2N2/c1-17(2,3)11-6-4-10(5-7-11)16-20-13-9-8-12(18)14(19)15(13)21-16/h8-11H,4-7H2,1-3H3,(H,20,21). The van der Waals surface area contributed by atoms with Gasteiger partial charge in [-0.1, -0.05) is 20.8 Å². The van der Waals surface area contributed by atoms with Gasteiger partial charge in [-0.3, -0.25) is 0 Å². The van der Waals surface area contributed by atoms with Crippen LogP contribution in [0.5, 0.6) is 0 Å². The smallest absolute Gasteiger partial charge is 0.186 e. The molecule has 0 spiro atoms. The number of hydrogen-bond donors (Lipinski definition) is 1. The summed E-state index contributed by atoms with van der Waals surface area (Å²) in [4.78, 5) is 7.48. The SMILES string of the molecule is CC(C)(C)C1CCC(c2nc3c(F)c(F)ccc3[nH]2)CC1. The van der Waals surface area contributed by atoms with E-state index in [-0.39, 0.29) is 5.52 Å². The van der Waals surface area contributed by atoms with E-state index in [1.807, 2.05) is 0 Å². The molecule has 1 N–H and O–H groups in total. The van der Waals surface area contributed by atoms with Gasteiger partial charge in [0.1, 0.15) is 11.3 Å². The Bertz CT molecular complexity index is 647. The molecule has 0 atom stereocenters. The maximum Gasteiger partial charge on any atom is 0.186 e. The maximum absolute atomic E-state index is 13.7. The summed E-state index contributed by atoms with van der Waals surface area (Å²) < 4.78 is 27.0. The van der Waals surface area contributed by atoms with Gasteiger partial charge >= 0.3 is 0 Å². The van der Waals surface area contributed by atoms with Crippen LogP contribution in [-0.2, 0) is 0 Å². The minimum absolute atomic E-state index is 0.128. The number of H-pyrrole nitrogens is 1. The predicted octanol–water partition coefficient (Wildman–Crippen LogP) is 5.16. The van der Waals surface area contributed by atoms with E-state index < -0.39 is 11.6 Å². The Labute approximate surface area is 124 Å². The van der Waals surface area contributed by atoms with E-state index >= 15 is 0 Å². The van der Waals surface area contributed by atoms with Crippen molar-refractivity contribution in [3.63, 3.8) is 0 Å². The number of hydrogen-bond acceptors (Lipinski definition) is 1. The van der Waals surface area contributed by atoms with Crippen molar-refractivity contribution >= 4 is 11.0 Å². The molecule has 1 aliphatic rings. The lowest BCUT2D eigenvalue weighted by Gasteiger charge is -2.36. The van der Waals surface area contributed by atoms with Crippen molar-refractivity contribution in [2.45, 2.75) is 52.4 Å². The van der Waals surface area contributed by atoms with Crippen molar-refractivity contribution in [2.75, 3.05) is 0 Å². The highest BCUT2D eigenvalue weighted by molar-refractivity contribution is 5.75. The summed E-state index contributed by atoms with van der Waals surface area (Å²) in [5.74, 6) is 0.183. The highest BCUT2D eigenvalue weighted by Gasteiger charge is 2.31. The topological polar surface area (TPSA) is 28.7 Å². The number of halogens is 2. The van der Waals surface area contributed by atoms with E-state index in [0.29, 0.717) is 16.8 Å². The highest BCUT2D eigenvalue weighted by Crippen LogP contribution is 2.42. The zero-order valence-electron chi connectivity index (χ0n) is 12.8. The monoisotopic (exact) mass is 292 g/mol. The average Bonchev–Trinajstić information content (AvgIpc) is 2.87. The van der Waals surface area contributed by atoms with Gasteiger partial charge in [0.2, 0.25) is 0 Å². The van der Waals surface area contributed by atoms with Gasteiger partial charge in [0.15, 0.2) is 11.6 Å². The lowest BCUT2D eigenvalue weighted by Crippen LogP contribution is -2.25. The number of imidazole rings is 1. The number of nitrogens with one attached hydrogen (secondary N) is 1. The number of benzene rings is 1. The molecule has 2 aromatic rings. The van der Waals surface area contributed by atoms with Crippen LogP contribution in [0.3, 0.4) is 0 Å². The fraction of sp³-hybridized carbons (Fsp3) is 0.588. The molecule has 0 bridgehead atoms. The first-order chi connectivity index (χ1) is 9.86. The summed E-state index contributed by atoms with van der Waals surface area (Å²) in [6.07, 6.45) is 4.46. The van der Waals surface area contributed by atoms with Crippen molar-refractivity contribution in [1.29, 1.82) is 0 Å². The Hall–Kier alpha value is -1.45. The molecule has 114 valence electrons. The summed E-state index contributed by atoms with van der Waals surface area (Å²) in [5, 5.41) is 0. The number of aromatic nitrogens is 2. The molecule has 1 saturated carbocycles. The molecule has 4 heteroatoms. The Morgan fingerprint density at radius 3 is 2.38 bits per heavy atom. The minimum atomic E-state index is -0.849. The van der Waals surface area contributed by atoms with E-state index in [2.05, 4.69) is 30.7 Å². The summed E-state index contributed by atoms with van der Waals surface area (Å²) in [5.41, 5.74) is 1.05. The molecule has 1 fully saturated rings. The second kappa shape index (κ2) is 5.08. The van der Waals surface area contributed by atoms with E-state index in [4.69, 9.17) is 0 Å². The summed E-state index contributed by atoms with van der Waals surface area (Å²) in [6, 6.07) is 2.71. The number of fused-ring (bicyclic) bond motifs is 1. The van der Waals surface area contributed by atoms with Gasteiger partial charge in [-0.2, -0.15) is 0 Å². The molecular weight excluding hydrogens is 270 g/mol. The van der Waals surface area contributed by atoms with Crippen molar-refractivity contribution in [1.82, 2.24) is 9.97 Å². The molecule has 1 aliphatic carbocycles. The van der Waals surface area contributed by atoms with E-state index in [1.165, 1.54) is 12.8 Å². The van der Waals surface area contributed by atoms with Crippen LogP contribution in [-0.4, -0.2) is 9.97 Å². The first kappa shape index (κ1) is 14.5. The molecule has 21 heavy (non-hydrogen) atoms. The Kier molecular flexibility index (Phi) is 3.50. The summed E-state index contributed by atoms with van der Waals surface area (Å²) >= 11 is 0.